The lowest BCUT2D eigenvalue weighted by molar-refractivity contribution is -0.136. The van der Waals surface area contributed by atoms with E-state index in [9.17, 15) is 9.00 Å². The molecule has 0 saturated carbocycles. The van der Waals surface area contributed by atoms with E-state index in [1.165, 1.54) is 0 Å². The van der Waals surface area contributed by atoms with Crippen molar-refractivity contribution in [1.29, 1.82) is 0 Å². The molecule has 0 amide bonds. The minimum atomic E-state index is -1.33. The van der Waals surface area contributed by atoms with Crippen molar-refractivity contribution in [3.05, 3.63) is 0 Å². The third kappa shape index (κ3) is 5.34. The first-order chi connectivity index (χ1) is 6.49. The van der Waals surface area contributed by atoms with E-state index in [1.807, 2.05) is 13.8 Å². The average Bonchev–Trinajstić information content (AvgIpc) is 2.03. The van der Waals surface area contributed by atoms with Crippen LogP contribution >= 0.6 is 0 Å². The van der Waals surface area contributed by atoms with Crippen LogP contribution in [0.15, 0.2) is 0 Å². The predicted molar refractivity (Wildman–Crippen MR) is 55.8 cm³/mol. The maximum absolute atomic E-state index is 11.4. The average molecular weight is 222 g/mol. The van der Waals surface area contributed by atoms with Gasteiger partial charge in [0.1, 0.15) is 5.25 Å². The molecule has 84 valence electrons. The van der Waals surface area contributed by atoms with Crippen molar-refractivity contribution in [2.75, 3.05) is 12.4 Å². The maximum atomic E-state index is 11.4. The molecule has 0 spiro atoms. The zero-order valence-electron chi connectivity index (χ0n) is 8.86. The monoisotopic (exact) mass is 222 g/mol. The van der Waals surface area contributed by atoms with Gasteiger partial charge in [-0.15, -0.1) is 0 Å². The second-order valence-corrected chi connectivity index (χ2v) is 4.98. The Morgan fingerprint density at radius 3 is 2.43 bits per heavy atom. The standard InChI is InChI=1S/C9H18O4S/c1-4-8(9(10)11)14(12)6-5-13-7(2)3/h7-8H,4-6H2,1-3H3,(H,10,11). The van der Waals surface area contributed by atoms with Gasteiger partial charge in [-0.3, -0.25) is 9.00 Å². The molecule has 0 rings (SSSR count). The number of rotatable bonds is 7. The first-order valence-electron chi connectivity index (χ1n) is 4.70. The van der Waals surface area contributed by atoms with Gasteiger partial charge in [-0.2, -0.15) is 0 Å². The number of carboxylic acid groups (broad SMARTS) is 1. The van der Waals surface area contributed by atoms with Crippen LogP contribution in [0.25, 0.3) is 0 Å². The smallest absolute Gasteiger partial charge is 0.319 e. The molecule has 0 fully saturated rings. The highest BCUT2D eigenvalue weighted by molar-refractivity contribution is 7.86. The Hall–Kier alpha value is -0.420. The van der Waals surface area contributed by atoms with Crippen LogP contribution in [-0.4, -0.2) is 39.0 Å². The van der Waals surface area contributed by atoms with Crippen LogP contribution in [0.3, 0.4) is 0 Å². The summed E-state index contributed by atoms with van der Waals surface area (Å²) in [6, 6.07) is 0. The summed E-state index contributed by atoms with van der Waals surface area (Å²) in [5.41, 5.74) is 0. The van der Waals surface area contributed by atoms with Crippen molar-refractivity contribution in [2.45, 2.75) is 38.5 Å². The zero-order chi connectivity index (χ0) is 11.1. The van der Waals surface area contributed by atoms with Crippen LogP contribution < -0.4 is 0 Å². The second-order valence-electron chi connectivity index (χ2n) is 3.24. The number of aliphatic carboxylic acids is 1. The summed E-state index contributed by atoms with van der Waals surface area (Å²) in [6.45, 7) is 5.85. The third-order valence-corrected chi connectivity index (χ3v) is 3.44. The van der Waals surface area contributed by atoms with Crippen molar-refractivity contribution < 1.29 is 18.8 Å². The van der Waals surface area contributed by atoms with Gasteiger partial charge in [0.05, 0.1) is 12.7 Å². The lowest BCUT2D eigenvalue weighted by Crippen LogP contribution is -2.28. The van der Waals surface area contributed by atoms with Gasteiger partial charge < -0.3 is 9.84 Å². The fraction of sp³-hybridized carbons (Fsp3) is 0.889. The summed E-state index contributed by atoms with van der Waals surface area (Å²) in [6.07, 6.45) is 0.487. The Morgan fingerprint density at radius 1 is 1.50 bits per heavy atom. The summed E-state index contributed by atoms with van der Waals surface area (Å²) in [7, 11) is -1.33. The van der Waals surface area contributed by atoms with Crippen LogP contribution in [0.5, 0.6) is 0 Å². The van der Waals surface area contributed by atoms with Gasteiger partial charge in [-0.1, -0.05) is 6.92 Å². The van der Waals surface area contributed by atoms with Gasteiger partial charge in [0, 0.05) is 16.6 Å². The SMILES string of the molecule is CCC(C(=O)O)S(=O)CCOC(C)C. The third-order valence-electron chi connectivity index (χ3n) is 1.70. The molecule has 4 nitrogen and oxygen atoms in total. The van der Waals surface area contributed by atoms with Crippen LogP contribution in [0.4, 0.5) is 0 Å². The number of carboxylic acids is 1. The van der Waals surface area contributed by atoms with Gasteiger partial charge in [0.2, 0.25) is 0 Å². The first-order valence-corrected chi connectivity index (χ1v) is 6.08. The molecule has 5 heteroatoms. The summed E-state index contributed by atoms with van der Waals surface area (Å²) < 4.78 is 16.6. The summed E-state index contributed by atoms with van der Waals surface area (Å²) in [5, 5.41) is 7.96. The molecule has 14 heavy (non-hydrogen) atoms. The van der Waals surface area contributed by atoms with Crippen LogP contribution in [0, 0.1) is 0 Å². The molecule has 0 aromatic carbocycles. The zero-order valence-corrected chi connectivity index (χ0v) is 9.67. The molecule has 0 aromatic heterocycles. The van der Waals surface area contributed by atoms with Crippen LogP contribution in [0.1, 0.15) is 27.2 Å². The molecule has 0 saturated heterocycles. The van der Waals surface area contributed by atoms with E-state index in [0.717, 1.165) is 0 Å². The highest BCUT2D eigenvalue weighted by Gasteiger charge is 2.21. The van der Waals surface area contributed by atoms with E-state index in [2.05, 4.69) is 0 Å². The van der Waals surface area contributed by atoms with Crippen molar-refractivity contribution in [3.63, 3.8) is 0 Å². The summed E-state index contributed by atoms with van der Waals surface area (Å²) in [5.74, 6) is -0.696. The number of hydrogen-bond donors (Lipinski definition) is 1. The molecule has 0 heterocycles. The van der Waals surface area contributed by atoms with E-state index >= 15 is 0 Å². The summed E-state index contributed by atoms with van der Waals surface area (Å²) >= 11 is 0. The topological polar surface area (TPSA) is 63.6 Å². The van der Waals surface area contributed by atoms with E-state index in [1.54, 1.807) is 6.92 Å². The molecule has 1 N–H and O–H groups in total. The van der Waals surface area contributed by atoms with E-state index in [-0.39, 0.29) is 6.10 Å². The minimum absolute atomic E-state index is 0.0944. The van der Waals surface area contributed by atoms with Gasteiger partial charge >= 0.3 is 5.97 Å². The van der Waals surface area contributed by atoms with Crippen LogP contribution in [0.2, 0.25) is 0 Å². The Morgan fingerprint density at radius 2 is 2.07 bits per heavy atom. The first kappa shape index (κ1) is 13.6. The van der Waals surface area contributed by atoms with E-state index < -0.39 is 22.0 Å². The Labute approximate surface area is 87.1 Å². The van der Waals surface area contributed by atoms with Crippen molar-refractivity contribution in [1.82, 2.24) is 0 Å². The quantitative estimate of drug-likeness (QED) is 0.698. The molecule has 0 aromatic rings. The number of ether oxygens (including phenoxy) is 1. The predicted octanol–water partition coefficient (Wildman–Crippen LogP) is 1.02. The Balaban J connectivity index is 3.87. The fourth-order valence-electron chi connectivity index (χ4n) is 0.981. The van der Waals surface area contributed by atoms with Crippen molar-refractivity contribution in [3.8, 4) is 0 Å². The van der Waals surface area contributed by atoms with Crippen molar-refractivity contribution >= 4 is 16.8 Å². The molecule has 0 aliphatic rings. The molecule has 0 aliphatic heterocycles. The minimum Gasteiger partial charge on any atom is -0.480 e. The van der Waals surface area contributed by atoms with E-state index in [4.69, 9.17) is 9.84 Å². The van der Waals surface area contributed by atoms with E-state index in [0.29, 0.717) is 18.8 Å². The Bertz CT molecular complexity index is 203. The maximum Gasteiger partial charge on any atom is 0.319 e. The molecular weight excluding hydrogens is 204 g/mol. The Kier molecular flexibility index (Phi) is 6.74. The normalized spacial score (nSPS) is 15.4. The van der Waals surface area contributed by atoms with Gasteiger partial charge in [0.15, 0.2) is 0 Å². The molecule has 2 unspecified atom stereocenters. The summed E-state index contributed by atoms with van der Waals surface area (Å²) in [4.78, 5) is 10.6. The van der Waals surface area contributed by atoms with Crippen LogP contribution in [-0.2, 0) is 20.3 Å². The van der Waals surface area contributed by atoms with Gasteiger partial charge in [0.25, 0.3) is 0 Å². The highest BCUT2D eigenvalue weighted by Crippen LogP contribution is 2.03. The van der Waals surface area contributed by atoms with Crippen molar-refractivity contribution in [2.24, 2.45) is 0 Å². The molecule has 0 radical (unpaired) electrons. The number of carbonyl (C=O) groups is 1. The molecule has 0 bridgehead atoms. The van der Waals surface area contributed by atoms with Gasteiger partial charge in [-0.25, -0.2) is 0 Å². The number of hydrogen-bond acceptors (Lipinski definition) is 3. The molecular formula is C9H18O4S. The highest BCUT2D eigenvalue weighted by atomic mass is 32.2. The second kappa shape index (κ2) is 6.95. The largest absolute Gasteiger partial charge is 0.480 e. The molecule has 2 atom stereocenters. The lowest BCUT2D eigenvalue weighted by Gasteiger charge is -2.11. The van der Waals surface area contributed by atoms with Gasteiger partial charge in [-0.05, 0) is 20.3 Å². The fourth-order valence-corrected chi connectivity index (χ4v) is 2.12. The molecule has 0 aliphatic carbocycles. The lowest BCUT2D eigenvalue weighted by atomic mass is 10.3.